The van der Waals surface area contributed by atoms with Crippen LogP contribution in [0.15, 0.2) is 39.8 Å². The van der Waals surface area contributed by atoms with Crippen molar-refractivity contribution in [3.63, 3.8) is 0 Å². The summed E-state index contributed by atoms with van der Waals surface area (Å²) in [5.74, 6) is 1.18. The number of benzene rings is 1. The largest absolute Gasteiger partial charge is 0.338 e. The van der Waals surface area contributed by atoms with Crippen LogP contribution in [0.5, 0.6) is 0 Å². The predicted octanol–water partition coefficient (Wildman–Crippen LogP) is 3.08. The SMILES string of the molecule is C=CCNCc1nc(-c2ccc(C)c(Br)c2)no1. The summed E-state index contributed by atoms with van der Waals surface area (Å²) in [6, 6.07) is 5.98. The Labute approximate surface area is 114 Å². The molecule has 1 aromatic heterocycles. The van der Waals surface area contributed by atoms with Crippen LogP contribution in [0.2, 0.25) is 0 Å². The molecule has 0 bridgehead atoms. The summed E-state index contributed by atoms with van der Waals surface area (Å²) < 4.78 is 6.20. The maximum absolute atomic E-state index is 5.16. The van der Waals surface area contributed by atoms with Gasteiger partial charge < -0.3 is 9.84 Å². The van der Waals surface area contributed by atoms with Crippen molar-refractivity contribution >= 4 is 15.9 Å². The Bertz CT molecular complexity index is 551. The van der Waals surface area contributed by atoms with Crippen molar-refractivity contribution in [2.45, 2.75) is 13.5 Å². The van der Waals surface area contributed by atoms with E-state index in [4.69, 9.17) is 4.52 Å². The van der Waals surface area contributed by atoms with Crippen LogP contribution in [0.1, 0.15) is 11.5 Å². The Morgan fingerprint density at radius 1 is 1.50 bits per heavy atom. The molecule has 1 aromatic carbocycles. The van der Waals surface area contributed by atoms with Gasteiger partial charge in [0.15, 0.2) is 0 Å². The first-order chi connectivity index (χ1) is 8.70. The van der Waals surface area contributed by atoms with Crippen LogP contribution in [-0.4, -0.2) is 16.7 Å². The minimum Gasteiger partial charge on any atom is -0.338 e. The first-order valence-electron chi connectivity index (χ1n) is 5.61. The highest BCUT2D eigenvalue weighted by Gasteiger charge is 2.09. The van der Waals surface area contributed by atoms with E-state index >= 15 is 0 Å². The van der Waals surface area contributed by atoms with Crippen molar-refractivity contribution in [1.29, 1.82) is 0 Å². The van der Waals surface area contributed by atoms with Crippen LogP contribution in [0.25, 0.3) is 11.4 Å². The Morgan fingerprint density at radius 3 is 3.06 bits per heavy atom. The van der Waals surface area contributed by atoms with E-state index in [0.717, 1.165) is 10.0 Å². The van der Waals surface area contributed by atoms with E-state index in [9.17, 15) is 0 Å². The van der Waals surface area contributed by atoms with Crippen LogP contribution >= 0.6 is 15.9 Å². The molecule has 18 heavy (non-hydrogen) atoms. The van der Waals surface area contributed by atoms with Crippen molar-refractivity contribution in [3.8, 4) is 11.4 Å². The molecule has 5 heteroatoms. The van der Waals surface area contributed by atoms with Crippen LogP contribution < -0.4 is 5.32 Å². The lowest BCUT2D eigenvalue weighted by atomic mass is 10.1. The maximum atomic E-state index is 5.16. The summed E-state index contributed by atoms with van der Waals surface area (Å²) in [5, 5.41) is 7.08. The van der Waals surface area contributed by atoms with Gasteiger partial charge in [-0.1, -0.05) is 39.3 Å². The number of hydrogen-bond donors (Lipinski definition) is 1. The molecular formula is C13H14BrN3O. The smallest absolute Gasteiger partial charge is 0.240 e. The average molecular weight is 308 g/mol. The zero-order valence-electron chi connectivity index (χ0n) is 10.1. The van der Waals surface area contributed by atoms with Crippen molar-refractivity contribution in [1.82, 2.24) is 15.5 Å². The normalized spacial score (nSPS) is 10.6. The molecular weight excluding hydrogens is 294 g/mol. The van der Waals surface area contributed by atoms with Gasteiger partial charge in [0.05, 0.1) is 6.54 Å². The molecule has 0 radical (unpaired) electrons. The molecule has 2 aromatic rings. The van der Waals surface area contributed by atoms with Crippen molar-refractivity contribution in [3.05, 3.63) is 46.8 Å². The third kappa shape index (κ3) is 3.05. The highest BCUT2D eigenvalue weighted by Crippen LogP contribution is 2.23. The molecule has 0 spiro atoms. The zero-order chi connectivity index (χ0) is 13.0. The minimum atomic E-state index is 0.548. The van der Waals surface area contributed by atoms with Crippen LogP contribution in [0, 0.1) is 6.92 Å². The standard InChI is InChI=1S/C13H14BrN3O/c1-3-6-15-8-12-16-13(17-18-12)10-5-4-9(2)11(14)7-10/h3-5,7,15H,1,6,8H2,2H3. The van der Waals surface area contributed by atoms with Gasteiger partial charge in [0.2, 0.25) is 11.7 Å². The van der Waals surface area contributed by atoms with Gasteiger partial charge in [0.25, 0.3) is 0 Å². The lowest BCUT2D eigenvalue weighted by Gasteiger charge is -1.99. The number of halogens is 1. The number of nitrogens with zero attached hydrogens (tertiary/aromatic N) is 2. The van der Waals surface area contributed by atoms with Gasteiger partial charge in [-0.15, -0.1) is 6.58 Å². The monoisotopic (exact) mass is 307 g/mol. The highest BCUT2D eigenvalue weighted by atomic mass is 79.9. The van der Waals surface area contributed by atoms with Gasteiger partial charge in [-0.2, -0.15) is 4.98 Å². The molecule has 0 aliphatic carbocycles. The molecule has 0 atom stereocenters. The van der Waals surface area contributed by atoms with Gasteiger partial charge >= 0.3 is 0 Å². The molecule has 0 saturated heterocycles. The van der Waals surface area contributed by atoms with Crippen molar-refractivity contribution in [2.75, 3.05) is 6.54 Å². The molecule has 0 aliphatic rings. The van der Waals surface area contributed by atoms with E-state index < -0.39 is 0 Å². The zero-order valence-corrected chi connectivity index (χ0v) is 11.7. The highest BCUT2D eigenvalue weighted by molar-refractivity contribution is 9.10. The third-order valence-electron chi connectivity index (χ3n) is 2.46. The summed E-state index contributed by atoms with van der Waals surface area (Å²) in [6.45, 7) is 6.93. The number of hydrogen-bond acceptors (Lipinski definition) is 4. The van der Waals surface area contributed by atoms with E-state index in [1.807, 2.05) is 25.1 Å². The second-order valence-electron chi connectivity index (χ2n) is 3.90. The summed E-state index contributed by atoms with van der Waals surface area (Å²) in [4.78, 5) is 4.33. The van der Waals surface area contributed by atoms with E-state index in [-0.39, 0.29) is 0 Å². The second kappa shape index (κ2) is 5.93. The predicted molar refractivity (Wildman–Crippen MR) is 74.1 cm³/mol. The lowest BCUT2D eigenvalue weighted by Crippen LogP contribution is -2.12. The van der Waals surface area contributed by atoms with E-state index in [0.29, 0.717) is 24.8 Å². The molecule has 4 nitrogen and oxygen atoms in total. The van der Waals surface area contributed by atoms with E-state index in [1.165, 1.54) is 5.56 Å². The summed E-state index contributed by atoms with van der Waals surface area (Å²) in [5.41, 5.74) is 2.11. The molecule has 2 rings (SSSR count). The lowest BCUT2D eigenvalue weighted by molar-refractivity contribution is 0.370. The molecule has 1 N–H and O–H groups in total. The molecule has 0 fully saturated rings. The van der Waals surface area contributed by atoms with E-state index in [2.05, 4.69) is 38.0 Å². The molecule has 0 saturated carbocycles. The number of nitrogens with one attached hydrogen (secondary N) is 1. The van der Waals surface area contributed by atoms with Gasteiger partial charge in [-0.05, 0) is 18.6 Å². The number of aromatic nitrogens is 2. The fourth-order valence-corrected chi connectivity index (χ4v) is 1.84. The second-order valence-corrected chi connectivity index (χ2v) is 4.75. The first-order valence-corrected chi connectivity index (χ1v) is 6.40. The molecule has 0 unspecified atom stereocenters. The molecule has 0 aliphatic heterocycles. The van der Waals surface area contributed by atoms with Crippen molar-refractivity contribution < 1.29 is 4.52 Å². The maximum Gasteiger partial charge on any atom is 0.240 e. The fourth-order valence-electron chi connectivity index (χ4n) is 1.46. The van der Waals surface area contributed by atoms with Gasteiger partial charge in [-0.3, -0.25) is 0 Å². The van der Waals surface area contributed by atoms with Crippen LogP contribution in [0.3, 0.4) is 0 Å². The topological polar surface area (TPSA) is 51.0 Å². The number of aryl methyl sites for hydroxylation is 1. The Balaban J connectivity index is 2.13. The quantitative estimate of drug-likeness (QED) is 0.681. The Hall–Kier alpha value is -1.46. The molecule has 0 amide bonds. The average Bonchev–Trinajstić information content (AvgIpc) is 2.82. The third-order valence-corrected chi connectivity index (χ3v) is 3.32. The Morgan fingerprint density at radius 2 is 2.33 bits per heavy atom. The summed E-state index contributed by atoms with van der Waals surface area (Å²) >= 11 is 3.49. The van der Waals surface area contributed by atoms with Gasteiger partial charge in [-0.25, -0.2) is 0 Å². The fraction of sp³-hybridized carbons (Fsp3) is 0.231. The summed E-state index contributed by atoms with van der Waals surface area (Å²) in [6.07, 6.45) is 1.79. The summed E-state index contributed by atoms with van der Waals surface area (Å²) in [7, 11) is 0. The molecule has 94 valence electrons. The van der Waals surface area contributed by atoms with Gasteiger partial charge in [0, 0.05) is 16.6 Å². The van der Waals surface area contributed by atoms with E-state index in [1.54, 1.807) is 6.08 Å². The first kappa shape index (κ1) is 13.0. The molecule has 1 heterocycles. The van der Waals surface area contributed by atoms with Crippen LogP contribution in [0.4, 0.5) is 0 Å². The Kier molecular flexibility index (Phi) is 4.28. The van der Waals surface area contributed by atoms with Gasteiger partial charge in [0.1, 0.15) is 0 Å². The number of rotatable bonds is 5. The minimum absolute atomic E-state index is 0.548. The van der Waals surface area contributed by atoms with Crippen LogP contribution in [-0.2, 0) is 6.54 Å². The van der Waals surface area contributed by atoms with Crippen molar-refractivity contribution in [2.24, 2.45) is 0 Å².